The number of aromatic hydroxyl groups is 1. The number of carbonyl (C=O) groups excluding carboxylic acids is 2. The summed E-state index contributed by atoms with van der Waals surface area (Å²) in [5.41, 5.74) is 3.10. The van der Waals surface area contributed by atoms with Crippen LogP contribution in [-0.2, 0) is 31.9 Å². The lowest BCUT2D eigenvalue weighted by atomic mass is 10.1. The summed E-state index contributed by atoms with van der Waals surface area (Å²) in [5, 5.41) is 9.22. The molecule has 0 bridgehead atoms. The molecule has 0 aliphatic carbocycles. The third kappa shape index (κ3) is 16.5. The Morgan fingerprint density at radius 3 is 1.62 bits per heavy atom. The van der Waals surface area contributed by atoms with Crippen molar-refractivity contribution in [1.29, 1.82) is 0 Å². The number of phenols is 1. The normalized spacial score (nSPS) is 11.3. The van der Waals surface area contributed by atoms with Crippen LogP contribution in [0.4, 0.5) is 0 Å². The molecule has 0 aliphatic heterocycles. The van der Waals surface area contributed by atoms with E-state index in [1.54, 1.807) is 18.2 Å². The Morgan fingerprint density at radius 2 is 1.21 bits per heavy atom. The van der Waals surface area contributed by atoms with Crippen molar-refractivity contribution >= 4 is 81.5 Å². The second kappa shape index (κ2) is 15.1. The number of hydrogen-bond donors (Lipinski definition) is 1. The number of hydrogen-bond acceptors (Lipinski definition) is 5. The molecular weight excluding hydrogens is 569 g/mol. The number of rotatable bonds is 8. The van der Waals surface area contributed by atoms with Crippen molar-refractivity contribution in [3.63, 3.8) is 0 Å². The molecule has 0 saturated heterocycles. The van der Waals surface area contributed by atoms with Crippen molar-refractivity contribution in [2.75, 3.05) is 13.2 Å². The van der Waals surface area contributed by atoms with Gasteiger partial charge in [-0.05, 0) is 43.0 Å². The van der Waals surface area contributed by atoms with E-state index in [4.69, 9.17) is 79.1 Å². The zero-order valence-electron chi connectivity index (χ0n) is 18.2. The second-order valence-electron chi connectivity index (χ2n) is 7.21. The zero-order chi connectivity index (χ0) is 25.8. The third-order valence-corrected chi connectivity index (χ3v) is 4.68. The quantitative estimate of drug-likeness (QED) is 0.262. The van der Waals surface area contributed by atoms with Gasteiger partial charge in [-0.15, -0.1) is 0 Å². The van der Waals surface area contributed by atoms with E-state index in [0.29, 0.717) is 12.8 Å². The highest BCUT2D eigenvalue weighted by atomic mass is 35.6. The largest absolute Gasteiger partial charge is 0.508 e. The number of halogens is 6. The molecular formula is C23H24Cl6O5. The molecule has 1 N–H and O–H groups in total. The molecule has 2 rings (SSSR count). The Labute approximate surface area is 229 Å². The van der Waals surface area contributed by atoms with Gasteiger partial charge in [-0.2, -0.15) is 0 Å². The minimum absolute atomic E-state index is 0.164. The third-order valence-electron chi connectivity index (χ3n) is 4.02. The number of aryl methyl sites for hydroxylation is 3. The van der Waals surface area contributed by atoms with Crippen LogP contribution in [-0.4, -0.2) is 37.8 Å². The van der Waals surface area contributed by atoms with E-state index in [-0.39, 0.29) is 37.8 Å². The molecule has 11 heteroatoms. The van der Waals surface area contributed by atoms with Crippen LogP contribution in [0.3, 0.4) is 0 Å². The standard InChI is InChI=1S/C12H13Cl3O2.C11H11Cl3O3/c1-9-3-2-4-10(7-9)5-6-11(16)17-8-12(13,14)15;12-11(13,14)7-17-10(16)5-4-8-2-1-3-9(15)6-8/h2-4,7H,5-6,8H2,1H3;1-3,6,15H,4-5,7H2. The maximum Gasteiger partial charge on any atom is 0.306 e. The lowest BCUT2D eigenvalue weighted by Crippen LogP contribution is -2.17. The smallest absolute Gasteiger partial charge is 0.306 e. The number of esters is 2. The van der Waals surface area contributed by atoms with Crippen molar-refractivity contribution in [3.05, 3.63) is 65.2 Å². The van der Waals surface area contributed by atoms with Crippen LogP contribution in [0.2, 0.25) is 0 Å². The molecule has 0 atom stereocenters. The van der Waals surface area contributed by atoms with Gasteiger partial charge in [0, 0.05) is 12.8 Å². The van der Waals surface area contributed by atoms with E-state index in [2.05, 4.69) is 0 Å². The first-order chi connectivity index (χ1) is 15.7. The van der Waals surface area contributed by atoms with Gasteiger partial charge in [0.2, 0.25) is 7.59 Å². The molecule has 0 saturated carbocycles. The maximum absolute atomic E-state index is 11.3. The van der Waals surface area contributed by atoms with Gasteiger partial charge in [-0.1, -0.05) is 112 Å². The van der Waals surface area contributed by atoms with E-state index in [1.165, 1.54) is 0 Å². The average Bonchev–Trinajstić information content (AvgIpc) is 2.73. The minimum Gasteiger partial charge on any atom is -0.508 e. The van der Waals surface area contributed by atoms with E-state index in [0.717, 1.165) is 16.7 Å². The second-order valence-corrected chi connectivity index (χ2v) is 12.2. The first-order valence-corrected chi connectivity index (χ1v) is 12.3. The molecule has 2 aromatic carbocycles. The van der Waals surface area contributed by atoms with Crippen molar-refractivity contribution in [1.82, 2.24) is 0 Å². The molecule has 0 amide bonds. The molecule has 188 valence electrons. The molecule has 0 fully saturated rings. The van der Waals surface area contributed by atoms with E-state index in [9.17, 15) is 14.7 Å². The van der Waals surface area contributed by atoms with Gasteiger partial charge in [0.25, 0.3) is 0 Å². The SMILES string of the molecule is Cc1cccc(CCC(=O)OCC(Cl)(Cl)Cl)c1.O=C(CCc1cccc(O)c1)OCC(Cl)(Cl)Cl. The van der Waals surface area contributed by atoms with Crippen molar-refractivity contribution in [2.24, 2.45) is 0 Å². The van der Waals surface area contributed by atoms with Crippen LogP contribution < -0.4 is 0 Å². The predicted molar refractivity (Wildman–Crippen MR) is 138 cm³/mol. The Morgan fingerprint density at radius 1 is 0.765 bits per heavy atom. The molecule has 0 radical (unpaired) electrons. The van der Waals surface area contributed by atoms with Crippen LogP contribution in [0.25, 0.3) is 0 Å². The van der Waals surface area contributed by atoms with Crippen LogP contribution in [0, 0.1) is 6.92 Å². The van der Waals surface area contributed by atoms with E-state index < -0.39 is 13.6 Å². The van der Waals surface area contributed by atoms with Crippen molar-refractivity contribution in [3.8, 4) is 5.75 Å². The molecule has 0 aromatic heterocycles. The van der Waals surface area contributed by atoms with Gasteiger partial charge in [-0.25, -0.2) is 0 Å². The predicted octanol–water partition coefficient (Wildman–Crippen LogP) is 7.08. The average molecular weight is 593 g/mol. The van der Waals surface area contributed by atoms with Crippen LogP contribution >= 0.6 is 69.6 Å². The summed E-state index contributed by atoms with van der Waals surface area (Å²) in [5.74, 6) is -0.644. The number of phenolic OH excluding ortho intramolecular Hbond substituents is 1. The van der Waals surface area contributed by atoms with Gasteiger partial charge in [-0.3, -0.25) is 9.59 Å². The number of carbonyl (C=O) groups is 2. The molecule has 0 spiro atoms. The Kier molecular flexibility index (Phi) is 13.8. The highest BCUT2D eigenvalue weighted by Crippen LogP contribution is 2.26. The van der Waals surface area contributed by atoms with E-state index in [1.807, 2.05) is 37.3 Å². The van der Waals surface area contributed by atoms with Crippen molar-refractivity contribution in [2.45, 2.75) is 40.2 Å². The van der Waals surface area contributed by atoms with Crippen LogP contribution in [0.1, 0.15) is 29.5 Å². The Hall–Kier alpha value is -1.08. The van der Waals surface area contributed by atoms with Gasteiger partial charge < -0.3 is 14.6 Å². The zero-order valence-corrected chi connectivity index (χ0v) is 22.7. The topological polar surface area (TPSA) is 72.8 Å². The fraction of sp³-hybridized carbons (Fsp3) is 0.391. The molecule has 2 aromatic rings. The Bertz CT molecular complexity index is 849. The van der Waals surface area contributed by atoms with Gasteiger partial charge in [0.15, 0.2) is 0 Å². The van der Waals surface area contributed by atoms with Crippen LogP contribution in [0.15, 0.2) is 48.5 Å². The lowest BCUT2D eigenvalue weighted by Gasteiger charge is -2.11. The first kappa shape index (κ1) is 31.0. The van der Waals surface area contributed by atoms with Crippen molar-refractivity contribution < 1.29 is 24.2 Å². The maximum atomic E-state index is 11.3. The molecule has 34 heavy (non-hydrogen) atoms. The number of alkyl halides is 6. The summed E-state index contributed by atoms with van der Waals surface area (Å²) in [6, 6.07) is 14.6. The van der Waals surface area contributed by atoms with Gasteiger partial charge >= 0.3 is 11.9 Å². The van der Waals surface area contributed by atoms with E-state index >= 15 is 0 Å². The molecule has 0 heterocycles. The first-order valence-electron chi connectivity index (χ1n) is 10.0. The lowest BCUT2D eigenvalue weighted by molar-refractivity contribution is -0.144. The highest BCUT2D eigenvalue weighted by molar-refractivity contribution is 6.68. The monoisotopic (exact) mass is 590 g/mol. The summed E-state index contributed by atoms with van der Waals surface area (Å²) in [6.45, 7) is 1.52. The van der Waals surface area contributed by atoms with Gasteiger partial charge in [0.05, 0.1) is 0 Å². The minimum atomic E-state index is -1.58. The number of benzene rings is 2. The summed E-state index contributed by atoms with van der Waals surface area (Å²) in [7, 11) is 0. The highest BCUT2D eigenvalue weighted by Gasteiger charge is 2.22. The molecule has 0 aliphatic rings. The summed E-state index contributed by atoms with van der Waals surface area (Å²) < 4.78 is 6.46. The summed E-state index contributed by atoms with van der Waals surface area (Å²) in [4.78, 5) is 22.6. The van der Waals surface area contributed by atoms with Crippen LogP contribution in [0.5, 0.6) is 5.75 Å². The fourth-order valence-corrected chi connectivity index (χ4v) is 2.87. The summed E-state index contributed by atoms with van der Waals surface area (Å²) in [6.07, 6.45) is 1.54. The van der Waals surface area contributed by atoms with Gasteiger partial charge in [0.1, 0.15) is 19.0 Å². The number of ether oxygens (including phenoxy) is 2. The fourth-order valence-electron chi connectivity index (χ4n) is 2.54. The summed E-state index contributed by atoms with van der Waals surface area (Å²) >= 11 is 32.7. The molecule has 5 nitrogen and oxygen atoms in total. The Balaban J connectivity index is 0.000000340. The molecule has 0 unspecified atom stereocenters.